The molecule has 0 saturated heterocycles. The van der Waals surface area contributed by atoms with Crippen LogP contribution in [-0.4, -0.2) is 19.2 Å². The van der Waals surface area contributed by atoms with Crippen molar-refractivity contribution in [1.29, 1.82) is 0 Å². The summed E-state index contributed by atoms with van der Waals surface area (Å²) in [6.45, 7) is 6.08. The highest BCUT2D eigenvalue weighted by atomic mass is 16.5. The van der Waals surface area contributed by atoms with Gasteiger partial charge in [0.2, 0.25) is 0 Å². The zero-order valence-electron chi connectivity index (χ0n) is 12.7. The lowest BCUT2D eigenvalue weighted by Crippen LogP contribution is -2.29. The van der Waals surface area contributed by atoms with Gasteiger partial charge in [-0.15, -0.1) is 0 Å². The summed E-state index contributed by atoms with van der Waals surface area (Å²) in [4.78, 5) is 0. The van der Waals surface area contributed by atoms with Crippen LogP contribution in [0.15, 0.2) is 54.6 Å². The molecule has 0 radical (unpaired) electrons. The van der Waals surface area contributed by atoms with Crippen LogP contribution in [0.2, 0.25) is 0 Å². The fourth-order valence-electron chi connectivity index (χ4n) is 1.99. The number of para-hydroxylation sites is 1. The van der Waals surface area contributed by atoms with Crippen molar-refractivity contribution in [3.8, 4) is 17.2 Å². The number of hydrogen-bond acceptors (Lipinski definition) is 3. The number of rotatable bonds is 8. The third-order valence-electron chi connectivity index (χ3n) is 2.98. The molecular weight excluding hydrogens is 262 g/mol. The topological polar surface area (TPSA) is 30.5 Å². The molecule has 1 unspecified atom stereocenters. The summed E-state index contributed by atoms with van der Waals surface area (Å²) in [5.41, 5.74) is 0. The monoisotopic (exact) mass is 285 g/mol. The minimum atomic E-state index is 0.128. The van der Waals surface area contributed by atoms with Gasteiger partial charge in [-0.1, -0.05) is 31.2 Å². The zero-order chi connectivity index (χ0) is 14.9. The molecular formula is C18H23NO2. The molecule has 1 N–H and O–H groups in total. The zero-order valence-corrected chi connectivity index (χ0v) is 12.7. The average Bonchev–Trinajstić information content (AvgIpc) is 2.49. The molecule has 2 aromatic rings. The van der Waals surface area contributed by atoms with Gasteiger partial charge < -0.3 is 14.8 Å². The first-order valence-corrected chi connectivity index (χ1v) is 7.48. The van der Waals surface area contributed by atoms with Crippen molar-refractivity contribution in [2.75, 3.05) is 13.1 Å². The van der Waals surface area contributed by atoms with E-state index in [1.54, 1.807) is 0 Å². The van der Waals surface area contributed by atoms with Gasteiger partial charge in [-0.3, -0.25) is 0 Å². The number of nitrogens with one attached hydrogen (secondary N) is 1. The molecule has 3 nitrogen and oxygen atoms in total. The van der Waals surface area contributed by atoms with Gasteiger partial charge >= 0.3 is 0 Å². The fourth-order valence-corrected chi connectivity index (χ4v) is 1.99. The second kappa shape index (κ2) is 8.32. The van der Waals surface area contributed by atoms with E-state index in [0.717, 1.165) is 36.8 Å². The predicted octanol–water partition coefficient (Wildman–Crippen LogP) is 4.25. The van der Waals surface area contributed by atoms with Crippen LogP contribution in [0, 0.1) is 0 Å². The van der Waals surface area contributed by atoms with Crippen molar-refractivity contribution in [1.82, 2.24) is 5.32 Å². The molecule has 0 bridgehead atoms. The maximum atomic E-state index is 5.90. The lowest BCUT2D eigenvalue weighted by molar-refractivity contribution is 0.217. The summed E-state index contributed by atoms with van der Waals surface area (Å²) in [6, 6.07) is 17.5. The van der Waals surface area contributed by atoms with E-state index < -0.39 is 0 Å². The summed E-state index contributed by atoms with van der Waals surface area (Å²) in [5, 5.41) is 3.35. The third kappa shape index (κ3) is 5.48. The Morgan fingerprint density at radius 3 is 2.43 bits per heavy atom. The molecule has 2 rings (SSSR count). The Hall–Kier alpha value is -2.00. The molecule has 0 aliphatic carbocycles. The molecule has 0 aromatic heterocycles. The largest absolute Gasteiger partial charge is 0.489 e. The van der Waals surface area contributed by atoms with Crippen molar-refractivity contribution in [2.45, 2.75) is 26.4 Å². The van der Waals surface area contributed by atoms with Gasteiger partial charge in [0.1, 0.15) is 23.4 Å². The summed E-state index contributed by atoms with van der Waals surface area (Å²) in [5.74, 6) is 2.44. The van der Waals surface area contributed by atoms with E-state index >= 15 is 0 Å². The first-order chi connectivity index (χ1) is 10.3. The Bertz CT molecular complexity index is 528. The van der Waals surface area contributed by atoms with E-state index in [4.69, 9.17) is 9.47 Å². The van der Waals surface area contributed by atoms with Crippen LogP contribution in [0.1, 0.15) is 20.3 Å². The van der Waals surface area contributed by atoms with Gasteiger partial charge in [-0.05, 0) is 44.2 Å². The van der Waals surface area contributed by atoms with Crippen LogP contribution < -0.4 is 14.8 Å². The first-order valence-electron chi connectivity index (χ1n) is 7.48. The van der Waals surface area contributed by atoms with E-state index in [0.29, 0.717) is 0 Å². The van der Waals surface area contributed by atoms with E-state index in [9.17, 15) is 0 Å². The molecule has 2 aromatic carbocycles. The Labute approximate surface area is 126 Å². The summed E-state index contributed by atoms with van der Waals surface area (Å²) < 4.78 is 11.7. The minimum absolute atomic E-state index is 0.128. The SMILES string of the molecule is CCCNCC(C)Oc1cccc(Oc2ccccc2)c1. The van der Waals surface area contributed by atoms with Crippen molar-refractivity contribution >= 4 is 0 Å². The molecule has 0 spiro atoms. The Balaban J connectivity index is 1.91. The van der Waals surface area contributed by atoms with Crippen molar-refractivity contribution in [3.05, 3.63) is 54.6 Å². The highest BCUT2D eigenvalue weighted by Gasteiger charge is 2.05. The van der Waals surface area contributed by atoms with E-state index in [1.165, 1.54) is 0 Å². The van der Waals surface area contributed by atoms with Crippen LogP contribution in [0.4, 0.5) is 0 Å². The first kappa shape index (κ1) is 15.4. The van der Waals surface area contributed by atoms with Crippen LogP contribution in [0.5, 0.6) is 17.2 Å². The lowest BCUT2D eigenvalue weighted by atomic mass is 10.3. The van der Waals surface area contributed by atoms with Crippen molar-refractivity contribution < 1.29 is 9.47 Å². The lowest BCUT2D eigenvalue weighted by Gasteiger charge is -2.16. The van der Waals surface area contributed by atoms with Crippen molar-refractivity contribution in [3.63, 3.8) is 0 Å². The summed E-state index contributed by atoms with van der Waals surface area (Å²) >= 11 is 0. The maximum Gasteiger partial charge on any atom is 0.131 e. The molecule has 3 heteroatoms. The van der Waals surface area contributed by atoms with Crippen LogP contribution >= 0.6 is 0 Å². The fraction of sp³-hybridized carbons (Fsp3) is 0.333. The number of hydrogen-bond donors (Lipinski definition) is 1. The van der Waals surface area contributed by atoms with Crippen LogP contribution in [0.3, 0.4) is 0 Å². The number of benzene rings is 2. The predicted molar refractivity (Wildman–Crippen MR) is 86.2 cm³/mol. The minimum Gasteiger partial charge on any atom is -0.489 e. The Morgan fingerprint density at radius 1 is 0.952 bits per heavy atom. The van der Waals surface area contributed by atoms with Crippen LogP contribution in [-0.2, 0) is 0 Å². The molecule has 0 fully saturated rings. The average molecular weight is 285 g/mol. The standard InChI is InChI=1S/C18H23NO2/c1-3-12-19-14-15(2)20-17-10-7-11-18(13-17)21-16-8-5-4-6-9-16/h4-11,13,15,19H,3,12,14H2,1-2H3. The van der Waals surface area contributed by atoms with Gasteiger partial charge in [0.15, 0.2) is 0 Å². The molecule has 0 aliphatic heterocycles. The van der Waals surface area contributed by atoms with Gasteiger partial charge in [-0.2, -0.15) is 0 Å². The van der Waals surface area contributed by atoms with E-state index in [-0.39, 0.29) is 6.10 Å². The molecule has 0 saturated carbocycles. The van der Waals surface area contributed by atoms with E-state index in [1.807, 2.05) is 54.6 Å². The highest BCUT2D eigenvalue weighted by molar-refractivity contribution is 5.36. The molecule has 0 aliphatic rings. The molecule has 1 atom stereocenters. The second-order valence-electron chi connectivity index (χ2n) is 5.02. The molecule has 0 heterocycles. The Kier molecular flexibility index (Phi) is 6.10. The third-order valence-corrected chi connectivity index (χ3v) is 2.98. The number of ether oxygens (including phenoxy) is 2. The van der Waals surface area contributed by atoms with Gasteiger partial charge in [0.05, 0.1) is 0 Å². The van der Waals surface area contributed by atoms with Gasteiger partial charge in [0.25, 0.3) is 0 Å². The Morgan fingerprint density at radius 2 is 1.67 bits per heavy atom. The molecule has 0 amide bonds. The molecule has 112 valence electrons. The van der Waals surface area contributed by atoms with Gasteiger partial charge in [0, 0.05) is 12.6 Å². The van der Waals surface area contributed by atoms with Crippen molar-refractivity contribution in [2.24, 2.45) is 0 Å². The van der Waals surface area contributed by atoms with Crippen LogP contribution in [0.25, 0.3) is 0 Å². The quantitative estimate of drug-likeness (QED) is 0.736. The maximum absolute atomic E-state index is 5.90. The van der Waals surface area contributed by atoms with E-state index in [2.05, 4.69) is 19.2 Å². The normalized spacial score (nSPS) is 11.9. The van der Waals surface area contributed by atoms with Gasteiger partial charge in [-0.25, -0.2) is 0 Å². The smallest absolute Gasteiger partial charge is 0.131 e. The summed E-state index contributed by atoms with van der Waals surface area (Å²) in [7, 11) is 0. The highest BCUT2D eigenvalue weighted by Crippen LogP contribution is 2.25. The summed E-state index contributed by atoms with van der Waals surface area (Å²) in [6.07, 6.45) is 1.26. The second-order valence-corrected chi connectivity index (χ2v) is 5.02. The molecule has 21 heavy (non-hydrogen) atoms.